The van der Waals surface area contributed by atoms with Crippen LogP contribution in [0.25, 0.3) is 0 Å². The topological polar surface area (TPSA) is 73.3 Å². The maximum Gasteiger partial charge on any atom is 0.271 e. The number of methoxy groups -OCH3 is 1. The third-order valence-electron chi connectivity index (χ3n) is 4.64. The molecule has 0 aliphatic heterocycles. The summed E-state index contributed by atoms with van der Waals surface area (Å²) in [6, 6.07) is 5.59. The first-order valence-electron chi connectivity index (χ1n) is 9.01. The Labute approximate surface area is 154 Å². The van der Waals surface area contributed by atoms with Gasteiger partial charge in [-0.15, -0.1) is 0 Å². The van der Waals surface area contributed by atoms with E-state index in [1.54, 1.807) is 13.3 Å². The maximum absolute atomic E-state index is 12.3. The number of benzene rings is 1. The zero-order valence-electron chi connectivity index (χ0n) is 15.5. The molecule has 1 amide bonds. The molecule has 6 nitrogen and oxygen atoms in total. The van der Waals surface area contributed by atoms with Gasteiger partial charge in [-0.3, -0.25) is 9.78 Å². The number of ether oxygens (including phenoxy) is 2. The first-order chi connectivity index (χ1) is 12.6. The van der Waals surface area contributed by atoms with E-state index in [0.717, 1.165) is 29.8 Å². The summed E-state index contributed by atoms with van der Waals surface area (Å²) in [7, 11) is 1.63. The molecule has 1 aromatic heterocycles. The Morgan fingerprint density at radius 2 is 1.96 bits per heavy atom. The van der Waals surface area contributed by atoms with Crippen LogP contribution < -0.4 is 14.8 Å². The molecular formula is C20H25N3O3. The van der Waals surface area contributed by atoms with E-state index in [2.05, 4.69) is 15.3 Å². The van der Waals surface area contributed by atoms with Crippen molar-refractivity contribution in [2.75, 3.05) is 7.11 Å². The zero-order valence-corrected chi connectivity index (χ0v) is 15.5. The number of nitrogens with one attached hydrogen (secondary N) is 1. The van der Waals surface area contributed by atoms with Gasteiger partial charge in [0, 0.05) is 6.20 Å². The molecule has 3 rings (SSSR count). The van der Waals surface area contributed by atoms with Crippen LogP contribution in [0.1, 0.15) is 60.4 Å². The normalized spacial score (nSPS) is 15.5. The van der Waals surface area contributed by atoms with Crippen molar-refractivity contribution in [3.8, 4) is 11.5 Å². The molecule has 26 heavy (non-hydrogen) atoms. The molecule has 138 valence electrons. The number of aromatic nitrogens is 2. The Morgan fingerprint density at radius 3 is 2.62 bits per heavy atom. The van der Waals surface area contributed by atoms with Crippen LogP contribution in [0.4, 0.5) is 0 Å². The fourth-order valence-electron chi connectivity index (χ4n) is 3.10. The summed E-state index contributed by atoms with van der Waals surface area (Å²) in [6.07, 6.45) is 7.96. The van der Waals surface area contributed by atoms with Gasteiger partial charge in [-0.05, 0) is 57.2 Å². The summed E-state index contributed by atoms with van der Waals surface area (Å²) in [5, 5.41) is 2.94. The summed E-state index contributed by atoms with van der Waals surface area (Å²) in [5.74, 6) is 1.19. The molecule has 1 saturated carbocycles. The number of amides is 1. The van der Waals surface area contributed by atoms with Crippen LogP contribution in [0.3, 0.4) is 0 Å². The lowest BCUT2D eigenvalue weighted by Gasteiger charge is -2.19. The summed E-state index contributed by atoms with van der Waals surface area (Å²) in [6.45, 7) is 3.75. The largest absolute Gasteiger partial charge is 0.493 e. The van der Waals surface area contributed by atoms with E-state index in [1.165, 1.54) is 19.0 Å². The number of hydrogen-bond acceptors (Lipinski definition) is 5. The molecule has 0 unspecified atom stereocenters. The molecular weight excluding hydrogens is 330 g/mol. The monoisotopic (exact) mass is 355 g/mol. The van der Waals surface area contributed by atoms with Crippen LogP contribution in [0.5, 0.6) is 11.5 Å². The van der Waals surface area contributed by atoms with Gasteiger partial charge in [0.25, 0.3) is 5.91 Å². The van der Waals surface area contributed by atoms with E-state index in [4.69, 9.17) is 9.47 Å². The predicted molar refractivity (Wildman–Crippen MR) is 98.5 cm³/mol. The minimum atomic E-state index is -0.254. The molecule has 0 saturated heterocycles. The van der Waals surface area contributed by atoms with E-state index in [0.29, 0.717) is 11.4 Å². The van der Waals surface area contributed by atoms with Crippen molar-refractivity contribution in [3.05, 3.63) is 47.5 Å². The first kappa shape index (κ1) is 18.2. The lowest BCUT2D eigenvalue weighted by atomic mass is 10.1. The Hall–Kier alpha value is -2.63. The van der Waals surface area contributed by atoms with E-state index in [9.17, 15) is 4.79 Å². The van der Waals surface area contributed by atoms with Gasteiger partial charge in [0.05, 0.1) is 31.1 Å². The highest BCUT2D eigenvalue weighted by atomic mass is 16.5. The smallest absolute Gasteiger partial charge is 0.271 e. The van der Waals surface area contributed by atoms with Crippen LogP contribution in [0, 0.1) is 6.92 Å². The van der Waals surface area contributed by atoms with Crippen LogP contribution in [0.15, 0.2) is 30.6 Å². The van der Waals surface area contributed by atoms with Crippen LogP contribution in [-0.4, -0.2) is 29.1 Å². The zero-order chi connectivity index (χ0) is 18.5. The van der Waals surface area contributed by atoms with Crippen LogP contribution >= 0.6 is 0 Å². The van der Waals surface area contributed by atoms with Crippen molar-refractivity contribution < 1.29 is 14.3 Å². The van der Waals surface area contributed by atoms with E-state index < -0.39 is 0 Å². The average Bonchev–Trinajstić information content (AvgIpc) is 3.15. The van der Waals surface area contributed by atoms with Crippen molar-refractivity contribution in [2.45, 2.75) is 51.7 Å². The summed E-state index contributed by atoms with van der Waals surface area (Å²) >= 11 is 0. The summed E-state index contributed by atoms with van der Waals surface area (Å²) in [5.41, 5.74) is 2.02. The number of aryl methyl sites for hydroxylation is 1. The Kier molecular flexibility index (Phi) is 5.71. The van der Waals surface area contributed by atoms with Gasteiger partial charge in [-0.1, -0.05) is 6.07 Å². The quantitative estimate of drug-likeness (QED) is 0.857. The predicted octanol–water partition coefficient (Wildman–Crippen LogP) is 3.61. The fourth-order valence-corrected chi connectivity index (χ4v) is 3.10. The van der Waals surface area contributed by atoms with E-state index in [-0.39, 0.29) is 18.1 Å². The molecule has 6 heteroatoms. The third kappa shape index (κ3) is 4.31. The molecule has 1 aromatic carbocycles. The lowest BCUT2D eigenvalue weighted by molar-refractivity contribution is 0.0934. The minimum Gasteiger partial charge on any atom is -0.493 e. The maximum atomic E-state index is 12.3. The molecule has 0 bridgehead atoms. The van der Waals surface area contributed by atoms with Gasteiger partial charge < -0.3 is 14.8 Å². The van der Waals surface area contributed by atoms with Crippen molar-refractivity contribution in [1.29, 1.82) is 0 Å². The van der Waals surface area contributed by atoms with E-state index >= 15 is 0 Å². The third-order valence-corrected chi connectivity index (χ3v) is 4.64. The van der Waals surface area contributed by atoms with Crippen molar-refractivity contribution >= 4 is 5.91 Å². The van der Waals surface area contributed by atoms with E-state index in [1.807, 2.05) is 32.0 Å². The molecule has 1 aliphatic rings. The number of hydrogen-bond donors (Lipinski definition) is 1. The van der Waals surface area contributed by atoms with Gasteiger partial charge in [-0.25, -0.2) is 4.98 Å². The van der Waals surface area contributed by atoms with Crippen molar-refractivity contribution in [3.63, 3.8) is 0 Å². The summed E-state index contributed by atoms with van der Waals surface area (Å²) < 4.78 is 11.6. The molecule has 0 radical (unpaired) electrons. The highest BCUT2D eigenvalue weighted by molar-refractivity contribution is 5.92. The highest BCUT2D eigenvalue weighted by Gasteiger charge is 2.20. The Bertz CT molecular complexity index is 755. The SMILES string of the molecule is COc1cc([C@H](C)NC(=O)c2cnc(C)cn2)ccc1OC1CCCC1. The molecule has 1 heterocycles. The standard InChI is InChI=1S/C20H25N3O3/c1-13-11-22-17(12-21-13)20(24)23-14(2)15-8-9-18(19(10-15)25-3)26-16-6-4-5-7-16/h8-12,14,16H,4-7H2,1-3H3,(H,23,24)/t14-/m0/s1. The van der Waals surface area contributed by atoms with Gasteiger partial charge in [0.2, 0.25) is 0 Å². The molecule has 0 spiro atoms. The second kappa shape index (κ2) is 8.17. The minimum absolute atomic E-state index is 0.194. The molecule has 2 aromatic rings. The fraction of sp³-hybridized carbons (Fsp3) is 0.450. The van der Waals surface area contributed by atoms with Crippen LogP contribution in [0.2, 0.25) is 0 Å². The van der Waals surface area contributed by atoms with Crippen LogP contribution in [-0.2, 0) is 0 Å². The number of carbonyl (C=O) groups is 1. The second-order valence-corrected chi connectivity index (χ2v) is 6.67. The number of carbonyl (C=O) groups excluding carboxylic acids is 1. The highest BCUT2D eigenvalue weighted by Crippen LogP contribution is 2.33. The lowest BCUT2D eigenvalue weighted by Crippen LogP contribution is -2.27. The number of nitrogens with zero attached hydrogens (tertiary/aromatic N) is 2. The second-order valence-electron chi connectivity index (χ2n) is 6.67. The van der Waals surface area contributed by atoms with Gasteiger partial charge in [-0.2, -0.15) is 0 Å². The van der Waals surface area contributed by atoms with Gasteiger partial charge >= 0.3 is 0 Å². The molecule has 1 atom stereocenters. The van der Waals surface area contributed by atoms with Gasteiger partial charge in [0.15, 0.2) is 11.5 Å². The molecule has 1 N–H and O–H groups in total. The van der Waals surface area contributed by atoms with Crippen molar-refractivity contribution in [1.82, 2.24) is 15.3 Å². The Balaban J connectivity index is 1.69. The molecule has 1 aliphatic carbocycles. The average molecular weight is 355 g/mol. The Morgan fingerprint density at radius 1 is 1.19 bits per heavy atom. The first-order valence-corrected chi connectivity index (χ1v) is 9.01. The van der Waals surface area contributed by atoms with Crippen molar-refractivity contribution in [2.24, 2.45) is 0 Å². The van der Waals surface area contributed by atoms with Gasteiger partial charge in [0.1, 0.15) is 5.69 Å². The summed E-state index contributed by atoms with van der Waals surface area (Å²) in [4.78, 5) is 20.5. The molecule has 1 fully saturated rings. The number of rotatable bonds is 6.